The van der Waals surface area contributed by atoms with Crippen LogP contribution in [0.1, 0.15) is 40.0 Å². The minimum atomic E-state index is 0.397. The van der Waals surface area contributed by atoms with Gasteiger partial charge in [0.15, 0.2) is 0 Å². The van der Waals surface area contributed by atoms with Crippen molar-refractivity contribution in [2.45, 2.75) is 40.0 Å². The van der Waals surface area contributed by atoms with Crippen molar-refractivity contribution in [3.8, 4) is 0 Å². The van der Waals surface area contributed by atoms with Gasteiger partial charge in [-0.15, -0.1) is 5.10 Å². The van der Waals surface area contributed by atoms with Gasteiger partial charge >= 0.3 is 0 Å². The highest BCUT2D eigenvalue weighted by molar-refractivity contribution is 5.33. The summed E-state index contributed by atoms with van der Waals surface area (Å²) in [5.41, 5.74) is 5.96. The molecule has 1 aromatic rings. The van der Waals surface area contributed by atoms with Gasteiger partial charge in [-0.25, -0.2) is 5.10 Å². The predicted molar refractivity (Wildman–Crippen MR) is 69.8 cm³/mol. The van der Waals surface area contributed by atoms with E-state index in [0.717, 1.165) is 25.0 Å². The second-order valence-corrected chi connectivity index (χ2v) is 6.00. The van der Waals surface area contributed by atoms with Gasteiger partial charge in [0.2, 0.25) is 11.9 Å². The Morgan fingerprint density at radius 3 is 2.65 bits per heavy atom. The van der Waals surface area contributed by atoms with Gasteiger partial charge < -0.3 is 10.6 Å². The number of nitrogens with two attached hydrogens (primary N) is 1. The number of aromatic amines is 1. The molecule has 0 spiro atoms. The van der Waals surface area contributed by atoms with E-state index in [4.69, 9.17) is 5.73 Å². The zero-order valence-electron chi connectivity index (χ0n) is 11.0. The Bertz CT molecular complexity index is 365. The number of nitrogen functional groups attached to an aromatic ring is 1. The fourth-order valence-electron chi connectivity index (χ4n) is 2.57. The summed E-state index contributed by atoms with van der Waals surface area (Å²) in [4.78, 5) is 6.43. The summed E-state index contributed by atoms with van der Waals surface area (Å²) in [5.74, 6) is 1.93. The molecule has 5 heteroatoms. The molecule has 1 saturated heterocycles. The molecule has 0 aliphatic carbocycles. The molecule has 0 radical (unpaired) electrons. The number of hydrogen-bond donors (Lipinski definition) is 2. The van der Waals surface area contributed by atoms with Crippen molar-refractivity contribution >= 4 is 11.9 Å². The fraction of sp³-hybridized carbons (Fsp3) is 0.833. The first-order valence-corrected chi connectivity index (χ1v) is 6.39. The summed E-state index contributed by atoms with van der Waals surface area (Å²) in [6, 6.07) is 0. The number of hydrogen-bond acceptors (Lipinski definition) is 4. The van der Waals surface area contributed by atoms with E-state index >= 15 is 0 Å². The molecule has 96 valence electrons. The third-order valence-corrected chi connectivity index (χ3v) is 3.73. The highest BCUT2D eigenvalue weighted by Crippen LogP contribution is 2.34. The van der Waals surface area contributed by atoms with E-state index < -0.39 is 0 Å². The predicted octanol–water partition coefficient (Wildman–Crippen LogP) is 2.04. The second-order valence-electron chi connectivity index (χ2n) is 6.00. The Kier molecular flexibility index (Phi) is 3.26. The number of aromatic nitrogens is 3. The Morgan fingerprint density at radius 2 is 2.06 bits per heavy atom. The van der Waals surface area contributed by atoms with Crippen molar-refractivity contribution in [3.63, 3.8) is 0 Å². The largest absolute Gasteiger partial charge is 0.368 e. The topological polar surface area (TPSA) is 70.8 Å². The maximum absolute atomic E-state index is 5.57. The van der Waals surface area contributed by atoms with Gasteiger partial charge in [0.25, 0.3) is 0 Å². The molecule has 1 aliphatic rings. The van der Waals surface area contributed by atoms with E-state index in [0.29, 0.717) is 11.4 Å². The minimum Gasteiger partial charge on any atom is -0.368 e. The van der Waals surface area contributed by atoms with Gasteiger partial charge in [0.1, 0.15) is 0 Å². The molecule has 5 nitrogen and oxygen atoms in total. The Morgan fingerprint density at radius 1 is 1.29 bits per heavy atom. The van der Waals surface area contributed by atoms with Crippen molar-refractivity contribution in [1.82, 2.24) is 15.2 Å². The fourth-order valence-corrected chi connectivity index (χ4v) is 2.57. The maximum atomic E-state index is 5.57. The third-order valence-electron chi connectivity index (χ3n) is 3.73. The average molecular weight is 237 g/mol. The van der Waals surface area contributed by atoms with Crippen molar-refractivity contribution < 1.29 is 0 Å². The average Bonchev–Trinajstić information content (AvgIpc) is 2.53. The molecule has 0 aromatic carbocycles. The Labute approximate surface area is 103 Å². The molecule has 0 saturated carbocycles. The van der Waals surface area contributed by atoms with E-state index in [1.165, 1.54) is 19.3 Å². The molecular weight excluding hydrogens is 214 g/mol. The standard InChI is InChI=1S/C12H23N5/c1-12(2,3)9-5-4-7-17(8-6-9)11-14-10(13)15-16-11/h9H,4-8H2,1-3H3,(H3,13,14,15,16). The lowest BCUT2D eigenvalue weighted by atomic mass is 9.77. The highest BCUT2D eigenvalue weighted by atomic mass is 15.4. The number of H-pyrrole nitrogens is 1. The Balaban J connectivity index is 2.01. The van der Waals surface area contributed by atoms with Crippen LogP contribution >= 0.6 is 0 Å². The summed E-state index contributed by atoms with van der Waals surface area (Å²) < 4.78 is 0. The molecule has 1 aromatic heterocycles. The normalized spacial score (nSPS) is 22.5. The Hall–Kier alpha value is -1.26. The van der Waals surface area contributed by atoms with Crippen molar-refractivity contribution in [2.75, 3.05) is 23.7 Å². The molecule has 1 atom stereocenters. The van der Waals surface area contributed by atoms with Crippen LogP contribution in [-0.4, -0.2) is 28.3 Å². The van der Waals surface area contributed by atoms with Crippen LogP contribution in [0.2, 0.25) is 0 Å². The van der Waals surface area contributed by atoms with E-state index in [1.54, 1.807) is 0 Å². The maximum Gasteiger partial charge on any atom is 0.246 e. The summed E-state index contributed by atoms with van der Waals surface area (Å²) in [5, 5.41) is 6.84. The molecule has 0 bridgehead atoms. The van der Waals surface area contributed by atoms with Crippen molar-refractivity contribution in [1.29, 1.82) is 0 Å². The van der Waals surface area contributed by atoms with Gasteiger partial charge in [0, 0.05) is 13.1 Å². The number of nitrogens with zero attached hydrogens (tertiary/aromatic N) is 3. The second kappa shape index (κ2) is 4.55. The molecule has 17 heavy (non-hydrogen) atoms. The summed E-state index contributed by atoms with van der Waals surface area (Å²) in [7, 11) is 0. The van der Waals surface area contributed by atoms with Crippen LogP contribution in [0.25, 0.3) is 0 Å². The quantitative estimate of drug-likeness (QED) is 0.784. The first kappa shape index (κ1) is 12.2. The molecule has 2 heterocycles. The van der Waals surface area contributed by atoms with E-state index in [-0.39, 0.29) is 0 Å². The van der Waals surface area contributed by atoms with Crippen LogP contribution in [0.5, 0.6) is 0 Å². The van der Waals surface area contributed by atoms with Gasteiger partial charge in [-0.3, -0.25) is 0 Å². The summed E-state index contributed by atoms with van der Waals surface area (Å²) >= 11 is 0. The lowest BCUT2D eigenvalue weighted by Gasteiger charge is -2.29. The smallest absolute Gasteiger partial charge is 0.246 e. The molecular formula is C12H23N5. The van der Waals surface area contributed by atoms with Crippen molar-refractivity contribution in [2.24, 2.45) is 11.3 Å². The summed E-state index contributed by atoms with van der Waals surface area (Å²) in [6.07, 6.45) is 3.70. The SMILES string of the molecule is CC(C)(C)C1CCCN(c2n[nH]c(N)n2)CC1. The molecule has 3 N–H and O–H groups in total. The minimum absolute atomic E-state index is 0.397. The lowest BCUT2D eigenvalue weighted by Crippen LogP contribution is -2.27. The molecule has 1 fully saturated rings. The van der Waals surface area contributed by atoms with Crippen LogP contribution in [0.3, 0.4) is 0 Å². The van der Waals surface area contributed by atoms with E-state index in [9.17, 15) is 0 Å². The third kappa shape index (κ3) is 2.90. The first-order valence-electron chi connectivity index (χ1n) is 6.39. The monoisotopic (exact) mass is 237 g/mol. The van der Waals surface area contributed by atoms with Gasteiger partial charge in [0.05, 0.1) is 0 Å². The number of nitrogens with one attached hydrogen (secondary N) is 1. The van der Waals surface area contributed by atoms with E-state index in [2.05, 4.69) is 40.9 Å². The lowest BCUT2D eigenvalue weighted by molar-refractivity contribution is 0.220. The first-order chi connectivity index (χ1) is 7.97. The van der Waals surface area contributed by atoms with Gasteiger partial charge in [-0.05, 0) is 30.6 Å². The van der Waals surface area contributed by atoms with Crippen LogP contribution in [0.4, 0.5) is 11.9 Å². The van der Waals surface area contributed by atoms with Crippen LogP contribution in [0.15, 0.2) is 0 Å². The van der Waals surface area contributed by atoms with Crippen LogP contribution in [-0.2, 0) is 0 Å². The molecule has 2 rings (SSSR count). The molecule has 1 unspecified atom stereocenters. The number of rotatable bonds is 1. The van der Waals surface area contributed by atoms with Gasteiger partial charge in [-0.1, -0.05) is 20.8 Å². The molecule has 1 aliphatic heterocycles. The van der Waals surface area contributed by atoms with E-state index in [1.807, 2.05) is 0 Å². The molecule has 0 amide bonds. The van der Waals surface area contributed by atoms with Crippen LogP contribution < -0.4 is 10.6 Å². The zero-order chi connectivity index (χ0) is 12.5. The number of anilines is 2. The zero-order valence-corrected chi connectivity index (χ0v) is 11.0. The van der Waals surface area contributed by atoms with Crippen molar-refractivity contribution in [3.05, 3.63) is 0 Å². The van der Waals surface area contributed by atoms with Crippen LogP contribution in [0, 0.1) is 11.3 Å². The highest BCUT2D eigenvalue weighted by Gasteiger charge is 2.27. The summed E-state index contributed by atoms with van der Waals surface area (Å²) in [6.45, 7) is 9.05. The van der Waals surface area contributed by atoms with Gasteiger partial charge in [-0.2, -0.15) is 4.98 Å².